The molecular formula is C24H24N4O3. The van der Waals surface area contributed by atoms with E-state index >= 15 is 0 Å². The zero-order valence-corrected chi connectivity index (χ0v) is 17.7. The van der Waals surface area contributed by atoms with Gasteiger partial charge in [0.1, 0.15) is 23.9 Å². The number of rotatable bonds is 7. The number of aromatic nitrogens is 3. The Balaban J connectivity index is 1.36. The van der Waals surface area contributed by atoms with Crippen molar-refractivity contribution in [2.75, 3.05) is 0 Å². The summed E-state index contributed by atoms with van der Waals surface area (Å²) in [7, 11) is 0. The van der Waals surface area contributed by atoms with E-state index in [0.29, 0.717) is 23.7 Å². The molecule has 0 bridgehead atoms. The molecule has 2 N–H and O–H groups in total. The monoisotopic (exact) mass is 416 g/mol. The molecule has 1 unspecified atom stereocenters. The van der Waals surface area contributed by atoms with Crippen LogP contribution in [-0.4, -0.2) is 21.0 Å². The highest BCUT2D eigenvalue weighted by atomic mass is 16.5. The van der Waals surface area contributed by atoms with Gasteiger partial charge in [0, 0.05) is 5.56 Å². The normalized spacial score (nSPS) is 11.8. The largest absolute Gasteiger partial charge is 0.489 e. The zero-order chi connectivity index (χ0) is 21.8. The number of carbonyl (C=O) groups excluding carboxylic acids is 1. The molecule has 2 aromatic heterocycles. The number of ether oxygens (including phenoxy) is 1. The first-order chi connectivity index (χ1) is 15.0. The van der Waals surface area contributed by atoms with Gasteiger partial charge in [-0.3, -0.25) is 4.79 Å². The van der Waals surface area contributed by atoms with Gasteiger partial charge < -0.3 is 19.6 Å². The Bertz CT molecular complexity index is 1140. The van der Waals surface area contributed by atoms with E-state index in [1.54, 1.807) is 30.5 Å². The summed E-state index contributed by atoms with van der Waals surface area (Å²) in [6.07, 6.45) is 1.78. The summed E-state index contributed by atoms with van der Waals surface area (Å²) < 4.78 is 10.9. The molecule has 31 heavy (non-hydrogen) atoms. The molecule has 4 rings (SSSR count). The molecule has 0 aliphatic rings. The Kier molecular flexibility index (Phi) is 5.84. The van der Waals surface area contributed by atoms with Crippen molar-refractivity contribution >= 4 is 5.91 Å². The predicted molar refractivity (Wildman–Crippen MR) is 117 cm³/mol. The number of hydrogen-bond donors (Lipinski definition) is 2. The number of nitrogens with one attached hydrogen (secondary N) is 2. The summed E-state index contributed by atoms with van der Waals surface area (Å²) in [5, 5.41) is 6.89. The molecule has 0 aliphatic carbocycles. The standard InChI is InChI=1S/C24H24N4O3/c1-15-21(17(3)31-28-15)14-30-20-11-9-19(10-12-20)24(29)26-16(2)23-25-13-22(27-23)18-7-5-4-6-8-18/h4-13,16H,14H2,1-3H3,(H,25,27)(H,26,29). The van der Waals surface area contributed by atoms with E-state index in [0.717, 1.165) is 28.3 Å². The number of hydrogen-bond acceptors (Lipinski definition) is 5. The number of H-pyrrole nitrogens is 1. The number of benzene rings is 2. The third-order valence-corrected chi connectivity index (χ3v) is 5.12. The van der Waals surface area contributed by atoms with E-state index in [2.05, 4.69) is 20.4 Å². The second kappa shape index (κ2) is 8.87. The molecule has 2 aromatic carbocycles. The Labute approximate surface area is 180 Å². The van der Waals surface area contributed by atoms with Crippen LogP contribution in [0.25, 0.3) is 11.3 Å². The van der Waals surface area contributed by atoms with Gasteiger partial charge in [-0.05, 0) is 50.6 Å². The van der Waals surface area contributed by atoms with E-state index in [1.165, 1.54) is 0 Å². The molecule has 7 nitrogen and oxygen atoms in total. The minimum atomic E-state index is -0.263. The first kappa shape index (κ1) is 20.4. The number of aryl methyl sites for hydroxylation is 2. The molecule has 0 aliphatic heterocycles. The number of carbonyl (C=O) groups is 1. The number of imidazole rings is 1. The third-order valence-electron chi connectivity index (χ3n) is 5.12. The van der Waals surface area contributed by atoms with E-state index in [4.69, 9.17) is 9.26 Å². The third kappa shape index (κ3) is 4.66. The van der Waals surface area contributed by atoms with Crippen LogP contribution in [0.5, 0.6) is 5.75 Å². The van der Waals surface area contributed by atoms with Gasteiger partial charge in [-0.1, -0.05) is 35.5 Å². The summed E-state index contributed by atoms with van der Waals surface area (Å²) in [6, 6.07) is 16.7. The molecule has 2 heterocycles. The maximum Gasteiger partial charge on any atom is 0.251 e. The van der Waals surface area contributed by atoms with Crippen LogP contribution in [0.4, 0.5) is 0 Å². The fourth-order valence-corrected chi connectivity index (χ4v) is 3.24. The predicted octanol–water partition coefficient (Wildman–Crippen LogP) is 4.75. The van der Waals surface area contributed by atoms with Crippen molar-refractivity contribution in [3.8, 4) is 17.0 Å². The van der Waals surface area contributed by atoms with Crippen LogP contribution < -0.4 is 10.1 Å². The zero-order valence-electron chi connectivity index (χ0n) is 17.7. The van der Waals surface area contributed by atoms with Gasteiger partial charge >= 0.3 is 0 Å². The van der Waals surface area contributed by atoms with Crippen molar-refractivity contribution in [1.82, 2.24) is 20.4 Å². The summed E-state index contributed by atoms with van der Waals surface area (Å²) in [5.74, 6) is 1.94. The molecule has 0 fully saturated rings. The van der Waals surface area contributed by atoms with Gasteiger partial charge in [-0.15, -0.1) is 0 Å². The molecule has 1 atom stereocenters. The molecule has 7 heteroatoms. The fraction of sp³-hybridized carbons (Fsp3) is 0.208. The lowest BCUT2D eigenvalue weighted by molar-refractivity contribution is 0.0938. The second-order valence-electron chi connectivity index (χ2n) is 7.36. The molecule has 4 aromatic rings. The Morgan fingerprint density at radius 2 is 1.87 bits per heavy atom. The number of amides is 1. The molecule has 158 valence electrons. The molecule has 0 saturated carbocycles. The molecule has 1 amide bonds. The first-order valence-corrected chi connectivity index (χ1v) is 10.1. The summed E-state index contributed by atoms with van der Waals surface area (Å²) >= 11 is 0. The van der Waals surface area contributed by atoms with Gasteiger partial charge in [0.25, 0.3) is 5.91 Å². The summed E-state index contributed by atoms with van der Waals surface area (Å²) in [4.78, 5) is 20.3. The van der Waals surface area contributed by atoms with Crippen molar-refractivity contribution in [3.05, 3.63) is 89.2 Å². The summed E-state index contributed by atoms with van der Waals surface area (Å²) in [5.41, 5.74) is 4.26. The van der Waals surface area contributed by atoms with Crippen LogP contribution in [0.1, 0.15) is 46.2 Å². The maximum atomic E-state index is 12.6. The van der Waals surface area contributed by atoms with Gasteiger partial charge in [-0.25, -0.2) is 4.98 Å². The van der Waals surface area contributed by atoms with Crippen molar-refractivity contribution < 1.29 is 14.1 Å². The average Bonchev–Trinajstić information content (AvgIpc) is 3.40. The smallest absolute Gasteiger partial charge is 0.251 e. The van der Waals surface area contributed by atoms with Crippen molar-refractivity contribution in [2.45, 2.75) is 33.4 Å². The minimum absolute atomic E-state index is 0.178. The fourth-order valence-electron chi connectivity index (χ4n) is 3.24. The van der Waals surface area contributed by atoms with E-state index in [-0.39, 0.29) is 11.9 Å². The summed E-state index contributed by atoms with van der Waals surface area (Å²) in [6.45, 7) is 6.00. The lowest BCUT2D eigenvalue weighted by Gasteiger charge is -2.12. The second-order valence-corrected chi connectivity index (χ2v) is 7.36. The minimum Gasteiger partial charge on any atom is -0.489 e. The van der Waals surface area contributed by atoms with E-state index in [1.807, 2.05) is 51.1 Å². The van der Waals surface area contributed by atoms with Crippen LogP contribution in [-0.2, 0) is 6.61 Å². The van der Waals surface area contributed by atoms with Crippen LogP contribution in [0.2, 0.25) is 0 Å². The van der Waals surface area contributed by atoms with Crippen molar-refractivity contribution in [3.63, 3.8) is 0 Å². The SMILES string of the molecule is Cc1noc(C)c1COc1ccc(C(=O)NC(C)c2ncc(-c3ccccc3)[nH]2)cc1. The molecule has 0 radical (unpaired) electrons. The molecular weight excluding hydrogens is 392 g/mol. The quantitative estimate of drug-likeness (QED) is 0.453. The topological polar surface area (TPSA) is 93.0 Å². The van der Waals surface area contributed by atoms with Crippen LogP contribution in [0.15, 0.2) is 65.3 Å². The Morgan fingerprint density at radius 1 is 1.13 bits per heavy atom. The van der Waals surface area contributed by atoms with Crippen molar-refractivity contribution in [2.24, 2.45) is 0 Å². The van der Waals surface area contributed by atoms with Gasteiger partial charge in [0.2, 0.25) is 0 Å². The lowest BCUT2D eigenvalue weighted by atomic mass is 10.2. The lowest BCUT2D eigenvalue weighted by Crippen LogP contribution is -2.27. The van der Waals surface area contributed by atoms with Crippen LogP contribution in [0, 0.1) is 13.8 Å². The highest BCUT2D eigenvalue weighted by Gasteiger charge is 2.15. The molecule has 0 spiro atoms. The van der Waals surface area contributed by atoms with Gasteiger partial charge in [0.15, 0.2) is 0 Å². The highest BCUT2D eigenvalue weighted by molar-refractivity contribution is 5.94. The number of nitrogens with zero attached hydrogens (tertiary/aromatic N) is 2. The Morgan fingerprint density at radius 3 is 2.55 bits per heavy atom. The molecule has 0 saturated heterocycles. The van der Waals surface area contributed by atoms with E-state index in [9.17, 15) is 4.79 Å². The van der Waals surface area contributed by atoms with E-state index < -0.39 is 0 Å². The van der Waals surface area contributed by atoms with Crippen LogP contribution in [0.3, 0.4) is 0 Å². The first-order valence-electron chi connectivity index (χ1n) is 10.1. The Hall–Kier alpha value is -3.87. The van der Waals surface area contributed by atoms with Crippen molar-refractivity contribution in [1.29, 1.82) is 0 Å². The highest BCUT2D eigenvalue weighted by Crippen LogP contribution is 2.20. The van der Waals surface area contributed by atoms with Crippen LogP contribution >= 0.6 is 0 Å². The number of aromatic amines is 1. The van der Waals surface area contributed by atoms with Gasteiger partial charge in [0.05, 0.1) is 29.2 Å². The van der Waals surface area contributed by atoms with Gasteiger partial charge in [-0.2, -0.15) is 0 Å². The average molecular weight is 416 g/mol. The maximum absolute atomic E-state index is 12.6.